The van der Waals surface area contributed by atoms with Gasteiger partial charge in [-0.3, -0.25) is 4.79 Å². The van der Waals surface area contributed by atoms with E-state index in [1.165, 1.54) is 6.92 Å². The van der Waals surface area contributed by atoms with Crippen molar-refractivity contribution in [1.82, 2.24) is 0 Å². The summed E-state index contributed by atoms with van der Waals surface area (Å²) in [7, 11) is 0. The van der Waals surface area contributed by atoms with E-state index in [1.54, 1.807) is 23.5 Å². The van der Waals surface area contributed by atoms with Crippen molar-refractivity contribution in [2.24, 2.45) is 0 Å². The van der Waals surface area contributed by atoms with Crippen LogP contribution < -0.4 is 5.32 Å². The third-order valence-corrected chi connectivity index (χ3v) is 5.39. The van der Waals surface area contributed by atoms with E-state index in [2.05, 4.69) is 33.4 Å². The average molecular weight is 368 g/mol. The van der Waals surface area contributed by atoms with Crippen LogP contribution in [-0.4, -0.2) is 12.2 Å². The van der Waals surface area contributed by atoms with Crippen molar-refractivity contribution in [1.29, 1.82) is 0 Å². The third kappa shape index (κ3) is 4.04. The number of thioether (sulfide) groups is 1. The zero-order valence-corrected chi connectivity index (χ0v) is 14.4. The molecule has 104 valence electrons. The molecule has 20 heavy (non-hydrogen) atoms. The number of rotatable bonds is 4. The van der Waals surface area contributed by atoms with Crippen LogP contribution in [0.15, 0.2) is 61.6 Å². The van der Waals surface area contributed by atoms with Crippen molar-refractivity contribution in [3.63, 3.8) is 0 Å². The minimum absolute atomic E-state index is 0.0581. The van der Waals surface area contributed by atoms with E-state index < -0.39 is 0 Å². The molecule has 1 N–H and O–H groups in total. The van der Waals surface area contributed by atoms with Gasteiger partial charge in [0.05, 0.1) is 5.69 Å². The van der Waals surface area contributed by atoms with Gasteiger partial charge in [0.1, 0.15) is 0 Å². The van der Waals surface area contributed by atoms with Crippen molar-refractivity contribution < 1.29 is 4.79 Å². The van der Waals surface area contributed by atoms with E-state index >= 15 is 0 Å². The first kappa shape index (κ1) is 15.5. The van der Waals surface area contributed by atoms with Crippen molar-refractivity contribution >= 4 is 51.0 Å². The van der Waals surface area contributed by atoms with Gasteiger partial charge in [-0.2, -0.15) is 0 Å². The van der Waals surface area contributed by atoms with Gasteiger partial charge in [-0.1, -0.05) is 23.9 Å². The molecule has 0 heterocycles. The Hall–Kier alpha value is -0.910. The normalized spacial score (nSPS) is 10.3. The van der Waals surface area contributed by atoms with Gasteiger partial charge >= 0.3 is 0 Å². The Morgan fingerprint density at radius 2 is 1.90 bits per heavy atom. The maximum Gasteiger partial charge on any atom is 0.221 e. The fourth-order valence-electron chi connectivity index (χ4n) is 1.66. The highest BCUT2D eigenvalue weighted by molar-refractivity contribution is 9.10. The van der Waals surface area contributed by atoms with E-state index in [-0.39, 0.29) is 5.91 Å². The Bertz CT molecular complexity index is 631. The van der Waals surface area contributed by atoms with Crippen LogP contribution >= 0.6 is 39.5 Å². The van der Waals surface area contributed by atoms with Gasteiger partial charge < -0.3 is 5.32 Å². The second kappa shape index (κ2) is 7.20. The van der Waals surface area contributed by atoms with Crippen molar-refractivity contribution in [2.75, 3.05) is 11.6 Å². The van der Waals surface area contributed by atoms with Crippen LogP contribution in [0.3, 0.4) is 0 Å². The van der Waals surface area contributed by atoms with E-state index in [9.17, 15) is 4.79 Å². The average Bonchev–Trinajstić information content (AvgIpc) is 2.42. The number of carbonyl (C=O) groups is 1. The molecule has 0 unspecified atom stereocenters. The summed E-state index contributed by atoms with van der Waals surface area (Å²) in [5.74, 6) is -0.0581. The molecule has 0 aromatic heterocycles. The summed E-state index contributed by atoms with van der Waals surface area (Å²) >= 11 is 6.83. The number of amides is 1. The molecule has 0 aliphatic heterocycles. The predicted octanol–water partition coefficient (Wildman–Crippen LogP) is 5.28. The van der Waals surface area contributed by atoms with Crippen molar-refractivity contribution in [3.8, 4) is 0 Å². The molecule has 2 rings (SSSR count). The molecule has 0 aliphatic carbocycles. The molecule has 0 saturated heterocycles. The number of carbonyl (C=O) groups excluding carboxylic acids is 1. The standard InChI is InChI=1S/C15H14BrNOS2/c1-10(18)17-13-9-11(19-2)7-8-15(13)20-14-6-4-3-5-12(14)16/h3-9H,1-2H3,(H,17,18). The molecule has 0 radical (unpaired) electrons. The molecular formula is C15H14BrNOS2. The van der Waals surface area contributed by atoms with E-state index in [0.717, 1.165) is 24.8 Å². The van der Waals surface area contributed by atoms with Crippen LogP contribution in [0.2, 0.25) is 0 Å². The van der Waals surface area contributed by atoms with Crippen LogP contribution in [0.5, 0.6) is 0 Å². The van der Waals surface area contributed by atoms with Gasteiger partial charge in [0.15, 0.2) is 0 Å². The fourth-order valence-corrected chi connectivity index (χ4v) is 3.53. The number of halogens is 1. The molecule has 0 spiro atoms. The Balaban J connectivity index is 2.35. The number of hydrogen-bond acceptors (Lipinski definition) is 3. The lowest BCUT2D eigenvalue weighted by atomic mass is 10.3. The molecule has 0 bridgehead atoms. The number of benzene rings is 2. The van der Waals surface area contributed by atoms with Crippen LogP contribution in [0, 0.1) is 0 Å². The fraction of sp³-hybridized carbons (Fsp3) is 0.133. The van der Waals surface area contributed by atoms with Gasteiger partial charge in [0, 0.05) is 26.1 Å². The second-order valence-corrected chi connectivity index (χ2v) is 6.89. The highest BCUT2D eigenvalue weighted by atomic mass is 79.9. The zero-order chi connectivity index (χ0) is 14.5. The Kier molecular flexibility index (Phi) is 5.57. The summed E-state index contributed by atoms with van der Waals surface area (Å²) in [4.78, 5) is 14.6. The maximum absolute atomic E-state index is 11.3. The van der Waals surface area contributed by atoms with E-state index in [1.807, 2.05) is 36.6 Å². The molecular weight excluding hydrogens is 354 g/mol. The Morgan fingerprint density at radius 1 is 1.15 bits per heavy atom. The molecule has 2 aromatic rings. The first-order valence-electron chi connectivity index (χ1n) is 5.98. The number of nitrogens with one attached hydrogen (secondary N) is 1. The maximum atomic E-state index is 11.3. The van der Waals surface area contributed by atoms with Crippen LogP contribution in [0.4, 0.5) is 5.69 Å². The van der Waals surface area contributed by atoms with Gasteiger partial charge in [-0.25, -0.2) is 0 Å². The van der Waals surface area contributed by atoms with E-state index in [4.69, 9.17) is 0 Å². The number of hydrogen-bond donors (Lipinski definition) is 1. The van der Waals surface area contributed by atoms with Gasteiger partial charge in [-0.05, 0) is 52.5 Å². The summed E-state index contributed by atoms with van der Waals surface area (Å²) in [6, 6.07) is 14.2. The summed E-state index contributed by atoms with van der Waals surface area (Å²) in [6.07, 6.45) is 2.02. The second-order valence-electron chi connectivity index (χ2n) is 4.08. The van der Waals surface area contributed by atoms with E-state index in [0.29, 0.717) is 0 Å². The zero-order valence-electron chi connectivity index (χ0n) is 11.1. The van der Waals surface area contributed by atoms with Crippen LogP contribution in [-0.2, 0) is 4.79 Å². The lowest BCUT2D eigenvalue weighted by molar-refractivity contribution is -0.114. The largest absolute Gasteiger partial charge is 0.325 e. The predicted molar refractivity (Wildman–Crippen MR) is 90.8 cm³/mol. The van der Waals surface area contributed by atoms with Crippen molar-refractivity contribution in [2.45, 2.75) is 21.6 Å². The lowest BCUT2D eigenvalue weighted by Crippen LogP contribution is -2.06. The first-order chi connectivity index (χ1) is 9.60. The van der Waals surface area contributed by atoms with Crippen molar-refractivity contribution in [3.05, 3.63) is 46.9 Å². The molecule has 0 saturated carbocycles. The molecule has 0 aliphatic rings. The molecule has 0 atom stereocenters. The molecule has 5 heteroatoms. The van der Waals surface area contributed by atoms with Gasteiger partial charge in [0.25, 0.3) is 0 Å². The summed E-state index contributed by atoms with van der Waals surface area (Å²) in [6.45, 7) is 1.53. The minimum atomic E-state index is -0.0581. The van der Waals surface area contributed by atoms with Gasteiger partial charge in [-0.15, -0.1) is 11.8 Å². The number of anilines is 1. The quantitative estimate of drug-likeness (QED) is 0.745. The topological polar surface area (TPSA) is 29.1 Å². The van der Waals surface area contributed by atoms with Gasteiger partial charge in [0.2, 0.25) is 5.91 Å². The monoisotopic (exact) mass is 367 g/mol. The highest BCUT2D eigenvalue weighted by Crippen LogP contribution is 2.38. The molecule has 2 aromatic carbocycles. The Labute approximate surface area is 135 Å². The SMILES string of the molecule is CSc1ccc(Sc2ccccc2Br)c(NC(C)=O)c1. The molecule has 2 nitrogen and oxygen atoms in total. The first-order valence-corrected chi connectivity index (χ1v) is 8.81. The highest BCUT2D eigenvalue weighted by Gasteiger charge is 2.09. The summed E-state index contributed by atoms with van der Waals surface area (Å²) in [5, 5.41) is 2.90. The molecule has 1 amide bonds. The Morgan fingerprint density at radius 3 is 2.55 bits per heavy atom. The summed E-state index contributed by atoms with van der Waals surface area (Å²) in [5.41, 5.74) is 0.852. The minimum Gasteiger partial charge on any atom is -0.325 e. The smallest absolute Gasteiger partial charge is 0.221 e. The molecule has 0 fully saturated rings. The van der Waals surface area contributed by atoms with Crippen LogP contribution in [0.1, 0.15) is 6.92 Å². The summed E-state index contributed by atoms with van der Waals surface area (Å²) < 4.78 is 1.05. The lowest BCUT2D eigenvalue weighted by Gasteiger charge is -2.12. The third-order valence-electron chi connectivity index (χ3n) is 2.55. The van der Waals surface area contributed by atoms with Crippen LogP contribution in [0.25, 0.3) is 0 Å².